The second-order valence-electron chi connectivity index (χ2n) is 4.20. The summed E-state index contributed by atoms with van der Waals surface area (Å²) < 4.78 is 2.09. The summed E-state index contributed by atoms with van der Waals surface area (Å²) in [4.78, 5) is 0.955. The number of benzene rings is 3. The van der Waals surface area contributed by atoms with Crippen molar-refractivity contribution in [2.45, 2.75) is 4.90 Å². The van der Waals surface area contributed by atoms with Crippen LogP contribution in [0.3, 0.4) is 0 Å². The minimum Gasteiger partial charge on any atom is -0.398 e. The number of thiol groups is 1. The van der Waals surface area contributed by atoms with Gasteiger partial charge in [0.1, 0.15) is 0 Å². The predicted octanol–water partition coefficient (Wildman–Crippen LogP) is 5.92. The molecule has 3 aromatic carbocycles. The molecule has 0 amide bonds. The molecule has 1 nitrogen and oxygen atoms in total. The van der Waals surface area contributed by atoms with E-state index in [4.69, 9.17) is 5.73 Å². The summed E-state index contributed by atoms with van der Waals surface area (Å²) in [6.45, 7) is 0. The summed E-state index contributed by atoms with van der Waals surface area (Å²) in [5.74, 6) is 0. The molecule has 0 aliphatic heterocycles. The van der Waals surface area contributed by atoms with Crippen LogP contribution >= 0.6 is 44.5 Å². The van der Waals surface area contributed by atoms with Gasteiger partial charge in [0.25, 0.3) is 0 Å². The fraction of sp³-hybridized carbons (Fsp3) is 0. The van der Waals surface area contributed by atoms with Crippen LogP contribution in [0.25, 0.3) is 10.8 Å². The van der Waals surface area contributed by atoms with Crippen LogP contribution in [-0.2, 0) is 0 Å². The lowest BCUT2D eigenvalue weighted by Gasteiger charge is -1.98. The summed E-state index contributed by atoms with van der Waals surface area (Å²) >= 11 is 10.8. The normalized spacial score (nSPS) is 9.95. The first-order valence-electron chi connectivity index (χ1n) is 5.94. The van der Waals surface area contributed by atoms with Gasteiger partial charge in [-0.25, -0.2) is 0 Å². The van der Waals surface area contributed by atoms with Gasteiger partial charge in [-0.1, -0.05) is 68.3 Å². The van der Waals surface area contributed by atoms with Crippen molar-refractivity contribution in [2.24, 2.45) is 0 Å². The molecule has 0 aromatic heterocycles. The Morgan fingerprint density at radius 1 is 0.800 bits per heavy atom. The van der Waals surface area contributed by atoms with Gasteiger partial charge >= 0.3 is 0 Å². The molecule has 0 spiro atoms. The summed E-state index contributed by atoms with van der Waals surface area (Å²) in [5, 5.41) is 2.34. The number of nitrogen functional groups attached to an aromatic ring is 1. The maximum atomic E-state index is 5.76. The van der Waals surface area contributed by atoms with Crippen molar-refractivity contribution in [3.8, 4) is 0 Å². The summed E-state index contributed by atoms with van der Waals surface area (Å²) in [6.07, 6.45) is 0. The largest absolute Gasteiger partial charge is 0.398 e. The zero-order chi connectivity index (χ0) is 14.5. The second kappa shape index (κ2) is 7.16. The van der Waals surface area contributed by atoms with Gasteiger partial charge in [-0.05, 0) is 29.7 Å². The molecular formula is C16H13Br2NS. The lowest BCUT2D eigenvalue weighted by molar-refractivity contribution is 1.42. The molecular weight excluding hydrogens is 398 g/mol. The lowest BCUT2D eigenvalue weighted by Crippen LogP contribution is -1.84. The van der Waals surface area contributed by atoms with Crippen LogP contribution in [0.5, 0.6) is 0 Å². The van der Waals surface area contributed by atoms with Gasteiger partial charge in [-0.15, -0.1) is 12.6 Å². The van der Waals surface area contributed by atoms with E-state index >= 15 is 0 Å². The molecule has 0 heterocycles. The summed E-state index contributed by atoms with van der Waals surface area (Å²) in [5.41, 5.74) is 6.61. The standard InChI is InChI=1S/C10H9N.C6H4Br2S/c11-10-7-3-5-8-4-1-2-6-9(8)10;7-4-1-5(8)3-6(9)2-4/h1-7H,11H2;1-3,9H. The first-order chi connectivity index (χ1) is 9.56. The first-order valence-corrected chi connectivity index (χ1v) is 7.98. The average molecular weight is 411 g/mol. The maximum absolute atomic E-state index is 5.76. The van der Waals surface area contributed by atoms with Gasteiger partial charge < -0.3 is 5.73 Å². The van der Waals surface area contributed by atoms with Crippen molar-refractivity contribution in [2.75, 3.05) is 5.73 Å². The van der Waals surface area contributed by atoms with E-state index in [1.54, 1.807) is 0 Å². The average Bonchev–Trinajstić information content (AvgIpc) is 2.38. The van der Waals surface area contributed by atoms with Crippen LogP contribution in [-0.4, -0.2) is 0 Å². The summed E-state index contributed by atoms with van der Waals surface area (Å²) in [6, 6.07) is 19.9. The number of hydrogen-bond acceptors (Lipinski definition) is 2. The number of rotatable bonds is 0. The van der Waals surface area contributed by atoms with Crippen LogP contribution in [0.1, 0.15) is 0 Å². The van der Waals surface area contributed by atoms with Gasteiger partial charge in [0.05, 0.1) is 0 Å². The van der Waals surface area contributed by atoms with E-state index in [0.29, 0.717) is 0 Å². The number of hydrogen-bond donors (Lipinski definition) is 2. The molecule has 0 saturated heterocycles. The minimum absolute atomic E-state index is 0.850. The van der Waals surface area contributed by atoms with Crippen LogP contribution in [0, 0.1) is 0 Å². The highest BCUT2D eigenvalue weighted by molar-refractivity contribution is 9.11. The monoisotopic (exact) mass is 409 g/mol. The Labute approximate surface area is 140 Å². The van der Waals surface area contributed by atoms with Gasteiger partial charge in [0.15, 0.2) is 0 Å². The highest BCUT2D eigenvalue weighted by Crippen LogP contribution is 2.21. The van der Waals surface area contributed by atoms with Gasteiger partial charge in [0.2, 0.25) is 0 Å². The van der Waals surface area contributed by atoms with Crippen LogP contribution < -0.4 is 5.73 Å². The van der Waals surface area contributed by atoms with Crippen LogP contribution in [0.2, 0.25) is 0 Å². The van der Waals surface area contributed by atoms with Crippen molar-refractivity contribution in [3.05, 3.63) is 69.6 Å². The first kappa shape index (κ1) is 15.4. The third-order valence-electron chi connectivity index (χ3n) is 2.67. The van der Waals surface area contributed by atoms with Gasteiger partial charge in [-0.3, -0.25) is 0 Å². The fourth-order valence-electron chi connectivity index (χ4n) is 1.79. The molecule has 2 N–H and O–H groups in total. The SMILES string of the molecule is Nc1cccc2ccccc12.Sc1cc(Br)cc(Br)c1. The Morgan fingerprint density at radius 2 is 1.40 bits per heavy atom. The van der Waals surface area contributed by atoms with E-state index in [1.807, 2.05) is 48.5 Å². The van der Waals surface area contributed by atoms with E-state index in [1.165, 1.54) is 5.39 Å². The topological polar surface area (TPSA) is 26.0 Å². The second-order valence-corrected chi connectivity index (χ2v) is 6.54. The molecule has 0 aliphatic carbocycles. The molecule has 0 aliphatic rings. The third-order valence-corrected chi connectivity index (χ3v) is 3.84. The molecule has 20 heavy (non-hydrogen) atoms. The van der Waals surface area contributed by atoms with Crippen molar-refractivity contribution in [1.29, 1.82) is 0 Å². The third kappa shape index (κ3) is 4.27. The quantitative estimate of drug-likeness (QED) is 0.349. The molecule has 0 saturated carbocycles. The molecule has 102 valence electrons. The van der Waals surface area contributed by atoms with E-state index in [0.717, 1.165) is 24.9 Å². The fourth-order valence-corrected chi connectivity index (χ4v) is 3.72. The number of halogens is 2. The Hall–Kier alpha value is -0.970. The van der Waals surface area contributed by atoms with Crippen molar-refractivity contribution in [1.82, 2.24) is 0 Å². The number of anilines is 1. The van der Waals surface area contributed by atoms with Crippen molar-refractivity contribution < 1.29 is 0 Å². The summed E-state index contributed by atoms with van der Waals surface area (Å²) in [7, 11) is 0. The van der Waals surface area contributed by atoms with E-state index < -0.39 is 0 Å². The van der Waals surface area contributed by atoms with Crippen LogP contribution in [0.4, 0.5) is 5.69 Å². The smallest absolute Gasteiger partial charge is 0.0393 e. The number of fused-ring (bicyclic) bond motifs is 1. The Kier molecular flexibility index (Phi) is 5.52. The zero-order valence-corrected chi connectivity index (χ0v) is 14.6. The van der Waals surface area contributed by atoms with Gasteiger partial charge in [-0.2, -0.15) is 0 Å². The highest BCUT2D eigenvalue weighted by Gasteiger charge is 1.93. The van der Waals surface area contributed by atoms with Crippen molar-refractivity contribution in [3.63, 3.8) is 0 Å². The molecule has 3 rings (SSSR count). The molecule has 4 heteroatoms. The Bertz CT molecular complexity index is 673. The molecule has 0 radical (unpaired) electrons. The van der Waals surface area contributed by atoms with E-state index in [-0.39, 0.29) is 0 Å². The zero-order valence-electron chi connectivity index (χ0n) is 10.6. The molecule has 0 atom stereocenters. The Morgan fingerprint density at radius 3 is 2.00 bits per heavy atom. The highest BCUT2D eigenvalue weighted by atomic mass is 79.9. The Balaban J connectivity index is 0.000000151. The molecule has 3 aromatic rings. The molecule has 0 unspecified atom stereocenters. The molecule has 0 fully saturated rings. The van der Waals surface area contributed by atoms with E-state index in [2.05, 4.69) is 56.6 Å². The van der Waals surface area contributed by atoms with Crippen molar-refractivity contribution >= 4 is 60.9 Å². The van der Waals surface area contributed by atoms with Gasteiger partial charge in [0, 0.05) is 24.9 Å². The number of nitrogens with two attached hydrogens (primary N) is 1. The molecule has 0 bridgehead atoms. The minimum atomic E-state index is 0.850. The lowest BCUT2D eigenvalue weighted by atomic mass is 10.1. The van der Waals surface area contributed by atoms with E-state index in [9.17, 15) is 0 Å². The maximum Gasteiger partial charge on any atom is 0.0393 e. The predicted molar refractivity (Wildman–Crippen MR) is 97.5 cm³/mol. The van der Waals surface area contributed by atoms with Crippen LogP contribution in [0.15, 0.2) is 74.5 Å².